The van der Waals surface area contributed by atoms with Gasteiger partial charge >= 0.3 is 11.9 Å². The van der Waals surface area contributed by atoms with Crippen LogP contribution in [0.25, 0.3) is 0 Å². The third-order valence-electron chi connectivity index (χ3n) is 5.13. The first-order chi connectivity index (χ1) is 15.5. The number of aliphatic hydroxyl groups is 3. The topological polar surface area (TPSA) is 133 Å². The molecule has 0 fully saturated rings. The van der Waals surface area contributed by atoms with E-state index in [-0.39, 0.29) is 26.4 Å². The summed E-state index contributed by atoms with van der Waals surface area (Å²) < 4.78 is 4.50. The predicted molar refractivity (Wildman–Crippen MR) is 128 cm³/mol. The first kappa shape index (κ1) is 33.1. The van der Waals surface area contributed by atoms with E-state index in [9.17, 15) is 9.59 Å². The van der Waals surface area contributed by atoms with Crippen LogP contribution in [0.5, 0.6) is 0 Å². The molecule has 0 aliphatic rings. The van der Waals surface area contributed by atoms with Crippen LogP contribution in [0.1, 0.15) is 96.8 Å². The van der Waals surface area contributed by atoms with Crippen molar-refractivity contribution < 1.29 is 29.6 Å². The molecule has 0 saturated heterocycles. The quantitative estimate of drug-likeness (QED) is 0.116. The Labute approximate surface area is 195 Å². The highest BCUT2D eigenvalue weighted by molar-refractivity contribution is 5.86. The summed E-state index contributed by atoms with van der Waals surface area (Å²) in [4.78, 5) is 23.8. The molecule has 0 bridgehead atoms. The number of rotatable bonds is 21. The number of esters is 2. The first-order valence-corrected chi connectivity index (χ1v) is 12.5. The summed E-state index contributed by atoms with van der Waals surface area (Å²) >= 11 is 0. The van der Waals surface area contributed by atoms with Crippen molar-refractivity contribution in [3.05, 3.63) is 0 Å². The molecule has 192 valence electrons. The number of hydrogen-bond acceptors (Lipinski definition) is 8. The van der Waals surface area contributed by atoms with E-state index in [1.165, 1.54) is 64.2 Å². The Hall–Kier alpha value is -1.06. The van der Waals surface area contributed by atoms with Gasteiger partial charge in [-0.25, -0.2) is 0 Å². The van der Waals surface area contributed by atoms with Crippen molar-refractivity contribution in [2.75, 3.05) is 46.0 Å². The van der Waals surface area contributed by atoms with Gasteiger partial charge in [0.05, 0.1) is 26.4 Å². The number of carbonyl (C=O) groups excluding carboxylic acids is 2. The van der Waals surface area contributed by atoms with Crippen molar-refractivity contribution in [3.8, 4) is 0 Å². The van der Waals surface area contributed by atoms with E-state index < -0.39 is 11.9 Å². The minimum atomic E-state index is -0.639. The zero-order valence-corrected chi connectivity index (χ0v) is 20.4. The molecule has 8 nitrogen and oxygen atoms in total. The van der Waals surface area contributed by atoms with Crippen LogP contribution >= 0.6 is 0 Å². The minimum absolute atomic E-state index is 0.0694. The fourth-order valence-corrected chi connectivity index (χ4v) is 3.27. The monoisotopic (exact) mass is 462 g/mol. The number of carbonyl (C=O) groups is 2. The van der Waals surface area contributed by atoms with Crippen LogP contribution in [0, 0.1) is 0 Å². The summed E-state index contributed by atoms with van der Waals surface area (Å²) in [5.74, 6) is -1.08. The standard InChI is InChI=1S/C18H35NO3.C6H15NO3/c1-2-3-4-5-6-7-8-9-10-11-12-13-14-15-17(20)22-18(21)16-19;8-4-1-7(2-5-9)3-6-10/h2-16,19H2,1H3;8-10H,1-6H2. The maximum Gasteiger partial charge on any atom is 0.327 e. The Morgan fingerprint density at radius 1 is 0.656 bits per heavy atom. The maximum absolute atomic E-state index is 11.2. The number of hydrogen-bond donors (Lipinski definition) is 4. The van der Waals surface area contributed by atoms with E-state index in [1.54, 1.807) is 4.90 Å². The predicted octanol–water partition coefficient (Wildman–Crippen LogP) is 2.76. The van der Waals surface area contributed by atoms with Crippen molar-refractivity contribution in [2.24, 2.45) is 5.73 Å². The second-order valence-corrected chi connectivity index (χ2v) is 8.06. The lowest BCUT2D eigenvalue weighted by molar-refractivity contribution is -0.158. The molecular formula is C24H50N2O6. The number of aliphatic hydroxyl groups excluding tert-OH is 3. The van der Waals surface area contributed by atoms with Gasteiger partial charge in [0.15, 0.2) is 0 Å². The van der Waals surface area contributed by atoms with E-state index >= 15 is 0 Å². The first-order valence-electron chi connectivity index (χ1n) is 12.5. The summed E-state index contributed by atoms with van der Waals surface area (Å²) in [6.45, 7) is 3.77. The van der Waals surface area contributed by atoms with Gasteiger partial charge in [-0.3, -0.25) is 14.5 Å². The van der Waals surface area contributed by atoms with Gasteiger partial charge in [0.2, 0.25) is 0 Å². The lowest BCUT2D eigenvalue weighted by Gasteiger charge is -2.17. The van der Waals surface area contributed by atoms with Gasteiger partial charge in [0.1, 0.15) is 0 Å². The third kappa shape index (κ3) is 27.0. The van der Waals surface area contributed by atoms with Crippen LogP contribution in [0.2, 0.25) is 0 Å². The second kappa shape index (κ2) is 28.0. The maximum atomic E-state index is 11.2. The number of ether oxygens (including phenoxy) is 1. The molecule has 0 heterocycles. The van der Waals surface area contributed by atoms with E-state index in [0.717, 1.165) is 19.3 Å². The molecule has 0 rings (SSSR count). The highest BCUT2D eigenvalue weighted by Gasteiger charge is 2.07. The molecule has 0 aromatic heterocycles. The number of unbranched alkanes of at least 4 members (excludes halogenated alkanes) is 12. The lowest BCUT2D eigenvalue weighted by atomic mass is 10.0. The highest BCUT2D eigenvalue weighted by atomic mass is 16.6. The molecule has 0 aromatic rings. The van der Waals surface area contributed by atoms with Gasteiger partial charge in [0, 0.05) is 26.1 Å². The summed E-state index contributed by atoms with van der Waals surface area (Å²) in [5, 5.41) is 25.5. The largest absolute Gasteiger partial charge is 0.395 e. The summed E-state index contributed by atoms with van der Waals surface area (Å²) in [5.41, 5.74) is 5.07. The number of nitrogens with zero attached hydrogens (tertiary/aromatic N) is 1. The highest BCUT2D eigenvalue weighted by Crippen LogP contribution is 2.13. The van der Waals surface area contributed by atoms with Gasteiger partial charge < -0.3 is 25.8 Å². The Morgan fingerprint density at radius 2 is 1.03 bits per heavy atom. The third-order valence-corrected chi connectivity index (χ3v) is 5.13. The molecule has 32 heavy (non-hydrogen) atoms. The smallest absolute Gasteiger partial charge is 0.327 e. The Balaban J connectivity index is 0. The van der Waals surface area contributed by atoms with Crippen LogP contribution in [0.15, 0.2) is 0 Å². The molecule has 5 N–H and O–H groups in total. The zero-order chi connectivity index (χ0) is 24.3. The molecule has 0 amide bonds. The fraction of sp³-hybridized carbons (Fsp3) is 0.917. The molecule has 0 aliphatic heterocycles. The van der Waals surface area contributed by atoms with E-state index in [2.05, 4.69) is 11.7 Å². The normalized spacial score (nSPS) is 10.7. The SMILES string of the molecule is CCCCCCCCCCCCCCCC(=O)OC(=O)CN.OCCN(CCO)CCO. The fourth-order valence-electron chi connectivity index (χ4n) is 3.27. The second-order valence-electron chi connectivity index (χ2n) is 8.06. The summed E-state index contributed by atoms with van der Waals surface area (Å²) in [6, 6.07) is 0. The van der Waals surface area contributed by atoms with Gasteiger partial charge in [-0.1, -0.05) is 84.0 Å². The van der Waals surface area contributed by atoms with Gasteiger partial charge in [-0.15, -0.1) is 0 Å². The van der Waals surface area contributed by atoms with Crippen molar-refractivity contribution >= 4 is 11.9 Å². The molecular weight excluding hydrogens is 412 g/mol. The van der Waals surface area contributed by atoms with Crippen molar-refractivity contribution in [2.45, 2.75) is 96.8 Å². The minimum Gasteiger partial charge on any atom is -0.395 e. The van der Waals surface area contributed by atoms with Crippen LogP contribution in [0.4, 0.5) is 0 Å². The van der Waals surface area contributed by atoms with Crippen LogP contribution in [-0.4, -0.2) is 78.2 Å². The average molecular weight is 463 g/mol. The van der Waals surface area contributed by atoms with Gasteiger partial charge in [-0.2, -0.15) is 0 Å². The van der Waals surface area contributed by atoms with Crippen LogP contribution in [-0.2, 0) is 14.3 Å². The van der Waals surface area contributed by atoms with Gasteiger partial charge in [0.25, 0.3) is 0 Å². The zero-order valence-electron chi connectivity index (χ0n) is 20.4. The van der Waals surface area contributed by atoms with Crippen LogP contribution < -0.4 is 5.73 Å². The summed E-state index contributed by atoms with van der Waals surface area (Å²) in [6.07, 6.45) is 16.8. The van der Waals surface area contributed by atoms with E-state index in [0.29, 0.717) is 26.1 Å². The van der Waals surface area contributed by atoms with Crippen molar-refractivity contribution in [1.29, 1.82) is 0 Å². The molecule has 0 unspecified atom stereocenters. The Morgan fingerprint density at radius 3 is 1.38 bits per heavy atom. The lowest BCUT2D eigenvalue weighted by Crippen LogP contribution is -2.32. The Bertz CT molecular complexity index is 396. The molecule has 0 aliphatic carbocycles. The Kier molecular flexibility index (Phi) is 28.9. The van der Waals surface area contributed by atoms with Crippen molar-refractivity contribution in [3.63, 3.8) is 0 Å². The van der Waals surface area contributed by atoms with Crippen LogP contribution in [0.3, 0.4) is 0 Å². The molecule has 0 atom stereocenters. The van der Waals surface area contributed by atoms with E-state index in [1.807, 2.05) is 0 Å². The molecule has 0 aromatic carbocycles. The summed E-state index contributed by atoms with van der Waals surface area (Å²) in [7, 11) is 0. The molecule has 0 spiro atoms. The molecule has 0 saturated carbocycles. The molecule has 0 radical (unpaired) electrons. The van der Waals surface area contributed by atoms with E-state index in [4.69, 9.17) is 21.1 Å². The average Bonchev–Trinajstić information content (AvgIpc) is 2.78. The number of nitrogens with two attached hydrogens (primary N) is 1. The van der Waals surface area contributed by atoms with Gasteiger partial charge in [-0.05, 0) is 6.42 Å². The van der Waals surface area contributed by atoms with Crippen molar-refractivity contribution in [1.82, 2.24) is 4.90 Å². The molecule has 8 heteroatoms.